The van der Waals surface area contributed by atoms with Crippen molar-refractivity contribution in [3.63, 3.8) is 0 Å². The van der Waals surface area contributed by atoms with Gasteiger partial charge < -0.3 is 10.6 Å². The Morgan fingerprint density at radius 3 is 2.48 bits per heavy atom. The zero-order valence-corrected chi connectivity index (χ0v) is 14.1. The lowest BCUT2D eigenvalue weighted by Crippen LogP contribution is -2.27. The predicted molar refractivity (Wildman–Crippen MR) is 90.6 cm³/mol. The van der Waals surface area contributed by atoms with E-state index in [1.807, 2.05) is 0 Å². The highest BCUT2D eigenvalue weighted by Crippen LogP contribution is 2.29. The number of para-hydroxylation sites is 1. The first-order chi connectivity index (χ1) is 9.97. The van der Waals surface area contributed by atoms with E-state index in [1.165, 1.54) is 15.3 Å². The molecule has 0 aliphatic heterocycles. The molecule has 21 heavy (non-hydrogen) atoms. The van der Waals surface area contributed by atoms with E-state index >= 15 is 0 Å². The SMILES string of the molecule is Cc1cc(CNCC(=O)Nc2c(Cl)cccc2Cl)sc1C. The maximum Gasteiger partial charge on any atom is 0.238 e. The van der Waals surface area contributed by atoms with Crippen LogP contribution < -0.4 is 10.6 Å². The van der Waals surface area contributed by atoms with Crippen LogP contribution in [0.4, 0.5) is 5.69 Å². The molecule has 0 saturated carbocycles. The molecule has 0 atom stereocenters. The lowest BCUT2D eigenvalue weighted by molar-refractivity contribution is -0.115. The van der Waals surface area contributed by atoms with Gasteiger partial charge in [0, 0.05) is 16.3 Å². The van der Waals surface area contributed by atoms with Crippen molar-refractivity contribution in [1.82, 2.24) is 5.32 Å². The Labute approximate surface area is 138 Å². The number of thiophene rings is 1. The van der Waals surface area contributed by atoms with Gasteiger partial charge in [0.1, 0.15) is 0 Å². The molecule has 2 rings (SSSR count). The molecule has 0 unspecified atom stereocenters. The van der Waals surface area contributed by atoms with Crippen molar-refractivity contribution in [3.8, 4) is 0 Å². The second kappa shape index (κ2) is 7.27. The number of hydrogen-bond acceptors (Lipinski definition) is 3. The predicted octanol–water partition coefficient (Wildman–Crippen LogP) is 4.40. The molecule has 0 fully saturated rings. The summed E-state index contributed by atoms with van der Waals surface area (Å²) < 4.78 is 0. The summed E-state index contributed by atoms with van der Waals surface area (Å²) in [6.45, 7) is 5.05. The van der Waals surface area contributed by atoms with Gasteiger partial charge in [0.25, 0.3) is 0 Å². The van der Waals surface area contributed by atoms with Crippen molar-refractivity contribution in [2.24, 2.45) is 0 Å². The van der Waals surface area contributed by atoms with Crippen molar-refractivity contribution in [1.29, 1.82) is 0 Å². The Morgan fingerprint density at radius 1 is 1.24 bits per heavy atom. The summed E-state index contributed by atoms with van der Waals surface area (Å²) in [5.41, 5.74) is 1.74. The fraction of sp³-hybridized carbons (Fsp3) is 0.267. The summed E-state index contributed by atoms with van der Waals surface area (Å²) in [6.07, 6.45) is 0. The summed E-state index contributed by atoms with van der Waals surface area (Å²) in [4.78, 5) is 14.4. The van der Waals surface area contributed by atoms with Crippen LogP contribution in [0.15, 0.2) is 24.3 Å². The highest BCUT2D eigenvalue weighted by atomic mass is 35.5. The van der Waals surface area contributed by atoms with Gasteiger partial charge in [-0.25, -0.2) is 0 Å². The molecular weight excluding hydrogens is 327 g/mol. The summed E-state index contributed by atoms with van der Waals surface area (Å²) in [7, 11) is 0. The van der Waals surface area contributed by atoms with Crippen molar-refractivity contribution < 1.29 is 4.79 Å². The monoisotopic (exact) mass is 342 g/mol. The average molecular weight is 343 g/mol. The van der Waals surface area contributed by atoms with Crippen molar-refractivity contribution >= 4 is 46.1 Å². The Hall–Kier alpha value is -1.07. The smallest absolute Gasteiger partial charge is 0.238 e. The lowest BCUT2D eigenvalue weighted by atomic mass is 10.3. The maximum atomic E-state index is 11.9. The van der Waals surface area contributed by atoms with E-state index in [-0.39, 0.29) is 12.5 Å². The molecular formula is C15H16Cl2N2OS. The molecule has 0 aliphatic carbocycles. The van der Waals surface area contributed by atoms with E-state index in [4.69, 9.17) is 23.2 Å². The number of amides is 1. The van der Waals surface area contributed by atoms with Gasteiger partial charge in [-0.2, -0.15) is 0 Å². The van der Waals surface area contributed by atoms with Crippen LogP contribution in [0.1, 0.15) is 15.3 Å². The van der Waals surface area contributed by atoms with Crippen molar-refractivity contribution in [3.05, 3.63) is 49.6 Å². The van der Waals surface area contributed by atoms with Gasteiger partial charge in [-0.15, -0.1) is 11.3 Å². The third kappa shape index (κ3) is 4.45. The lowest BCUT2D eigenvalue weighted by Gasteiger charge is -2.09. The number of carbonyl (C=O) groups excluding carboxylic acids is 1. The van der Waals surface area contributed by atoms with Crippen LogP contribution in [0, 0.1) is 13.8 Å². The number of benzene rings is 1. The quantitative estimate of drug-likeness (QED) is 0.845. The highest BCUT2D eigenvalue weighted by molar-refractivity contribution is 7.12. The fourth-order valence-electron chi connectivity index (χ4n) is 1.84. The van der Waals surface area contributed by atoms with Gasteiger partial charge in [0.2, 0.25) is 5.91 Å². The number of halogens is 2. The molecule has 2 aromatic rings. The molecule has 1 aromatic carbocycles. The number of anilines is 1. The van der Waals surface area contributed by atoms with Crippen LogP contribution in [-0.2, 0) is 11.3 Å². The standard InChI is InChI=1S/C15H16Cl2N2OS/c1-9-6-11(21-10(9)2)7-18-8-14(20)19-15-12(16)4-3-5-13(15)17/h3-6,18H,7-8H2,1-2H3,(H,19,20). The Bertz CT molecular complexity index is 615. The maximum absolute atomic E-state index is 11.9. The van der Waals surface area contributed by atoms with Crippen molar-refractivity contribution in [2.75, 3.05) is 11.9 Å². The first-order valence-electron chi connectivity index (χ1n) is 6.48. The van der Waals surface area contributed by atoms with E-state index in [0.29, 0.717) is 22.3 Å². The summed E-state index contributed by atoms with van der Waals surface area (Å²) in [6, 6.07) is 7.25. The van der Waals surface area contributed by atoms with Gasteiger partial charge in [0.15, 0.2) is 0 Å². The highest BCUT2D eigenvalue weighted by Gasteiger charge is 2.09. The molecule has 0 radical (unpaired) electrons. The van der Waals surface area contributed by atoms with Crippen LogP contribution in [0.25, 0.3) is 0 Å². The van der Waals surface area contributed by atoms with Gasteiger partial charge in [0.05, 0.1) is 22.3 Å². The van der Waals surface area contributed by atoms with Crippen molar-refractivity contribution in [2.45, 2.75) is 20.4 Å². The van der Waals surface area contributed by atoms with Crippen LogP contribution in [0.3, 0.4) is 0 Å². The second-order valence-corrected chi connectivity index (χ2v) is 6.86. The third-order valence-electron chi connectivity index (χ3n) is 3.03. The van der Waals surface area contributed by atoms with E-state index in [0.717, 1.165) is 0 Å². The zero-order chi connectivity index (χ0) is 15.4. The Balaban J connectivity index is 1.85. The topological polar surface area (TPSA) is 41.1 Å². The number of rotatable bonds is 5. The first-order valence-corrected chi connectivity index (χ1v) is 8.05. The van der Waals surface area contributed by atoms with Crippen LogP contribution in [0.2, 0.25) is 10.0 Å². The normalized spacial score (nSPS) is 10.7. The zero-order valence-electron chi connectivity index (χ0n) is 11.8. The molecule has 6 heteroatoms. The number of hydrogen-bond donors (Lipinski definition) is 2. The van der Waals surface area contributed by atoms with Crippen LogP contribution in [-0.4, -0.2) is 12.5 Å². The van der Waals surface area contributed by atoms with Crippen LogP contribution >= 0.6 is 34.5 Å². The molecule has 112 valence electrons. The Kier molecular flexibility index (Phi) is 5.65. The van der Waals surface area contributed by atoms with Crippen LogP contribution in [0.5, 0.6) is 0 Å². The van der Waals surface area contributed by atoms with Gasteiger partial charge in [-0.3, -0.25) is 4.79 Å². The molecule has 1 amide bonds. The number of nitrogens with one attached hydrogen (secondary N) is 2. The minimum Gasteiger partial charge on any atom is -0.322 e. The molecule has 1 heterocycles. The molecule has 3 nitrogen and oxygen atoms in total. The van der Waals surface area contributed by atoms with E-state index < -0.39 is 0 Å². The second-order valence-electron chi connectivity index (χ2n) is 4.70. The molecule has 1 aromatic heterocycles. The van der Waals surface area contributed by atoms with Gasteiger partial charge >= 0.3 is 0 Å². The van der Waals surface area contributed by atoms with E-state index in [9.17, 15) is 4.79 Å². The molecule has 2 N–H and O–H groups in total. The average Bonchev–Trinajstić information content (AvgIpc) is 2.73. The van der Waals surface area contributed by atoms with E-state index in [2.05, 4.69) is 30.5 Å². The van der Waals surface area contributed by atoms with Gasteiger partial charge in [-0.05, 0) is 37.6 Å². The summed E-state index contributed by atoms with van der Waals surface area (Å²) >= 11 is 13.8. The Morgan fingerprint density at radius 2 is 1.90 bits per heavy atom. The minimum atomic E-state index is -0.171. The third-order valence-corrected chi connectivity index (χ3v) is 4.81. The summed E-state index contributed by atoms with van der Waals surface area (Å²) in [5, 5.41) is 6.69. The molecule has 0 spiro atoms. The first kappa shape index (κ1) is 16.3. The molecule has 0 bridgehead atoms. The van der Waals surface area contributed by atoms with E-state index in [1.54, 1.807) is 29.5 Å². The molecule has 0 aliphatic rings. The molecule has 0 saturated heterocycles. The largest absolute Gasteiger partial charge is 0.322 e. The fourth-order valence-corrected chi connectivity index (χ4v) is 3.35. The van der Waals surface area contributed by atoms with Gasteiger partial charge in [-0.1, -0.05) is 29.3 Å². The minimum absolute atomic E-state index is 0.171. The summed E-state index contributed by atoms with van der Waals surface area (Å²) in [5.74, 6) is -0.171. The number of aryl methyl sites for hydroxylation is 2. The number of carbonyl (C=O) groups is 1.